The summed E-state index contributed by atoms with van der Waals surface area (Å²) in [5.74, 6) is -3.60. The quantitative estimate of drug-likeness (QED) is 0.253. The van der Waals surface area contributed by atoms with E-state index in [2.05, 4.69) is 20.8 Å². The Bertz CT molecular complexity index is 1520. The summed E-state index contributed by atoms with van der Waals surface area (Å²) in [5.41, 5.74) is 1.41. The predicted molar refractivity (Wildman–Crippen MR) is 162 cm³/mol. The third-order valence-electron chi connectivity index (χ3n) is 10.5. The van der Waals surface area contributed by atoms with E-state index in [1.54, 1.807) is 31.2 Å². The van der Waals surface area contributed by atoms with E-state index >= 15 is 0 Å². The Morgan fingerprint density at radius 3 is 2.37 bits per heavy atom. The lowest BCUT2D eigenvalue weighted by Gasteiger charge is -2.38. The van der Waals surface area contributed by atoms with Crippen molar-refractivity contribution in [3.63, 3.8) is 0 Å². The van der Waals surface area contributed by atoms with Crippen molar-refractivity contribution in [2.24, 2.45) is 28.6 Å². The van der Waals surface area contributed by atoms with Gasteiger partial charge in [-0.05, 0) is 67.6 Å². The molecule has 2 aliphatic rings. The number of hydrogen-bond donors (Lipinski definition) is 1. The lowest BCUT2D eigenvalue weighted by Crippen LogP contribution is -2.39. The fraction of sp³-hybridized carbons (Fsp3) is 0.486. The van der Waals surface area contributed by atoms with Gasteiger partial charge in [-0.2, -0.15) is 0 Å². The fourth-order valence-corrected chi connectivity index (χ4v) is 7.36. The van der Waals surface area contributed by atoms with Crippen molar-refractivity contribution in [2.75, 3.05) is 6.61 Å². The number of nitrogens with zero attached hydrogens (tertiary/aromatic N) is 1. The second-order valence-electron chi connectivity index (χ2n) is 13.1. The van der Waals surface area contributed by atoms with Crippen molar-refractivity contribution in [3.05, 3.63) is 71.9 Å². The summed E-state index contributed by atoms with van der Waals surface area (Å²) in [4.78, 5) is 51.9. The maximum Gasteiger partial charge on any atom is 0.352 e. The lowest BCUT2D eigenvalue weighted by molar-refractivity contribution is -0.169. The first kappa shape index (κ1) is 30.5. The van der Waals surface area contributed by atoms with E-state index in [1.165, 1.54) is 10.6 Å². The molecular weight excluding hydrogens is 546 g/mol. The van der Waals surface area contributed by atoms with Crippen molar-refractivity contribution < 1.29 is 33.8 Å². The molecule has 2 fully saturated rings. The predicted octanol–water partition coefficient (Wildman–Crippen LogP) is 6.56. The number of para-hydroxylation sites is 1. The Morgan fingerprint density at radius 2 is 1.72 bits per heavy atom. The number of carbonyl (C=O) groups is 4. The maximum atomic E-state index is 13.7. The van der Waals surface area contributed by atoms with Crippen LogP contribution in [0.5, 0.6) is 0 Å². The molecule has 2 aliphatic carbocycles. The first-order chi connectivity index (χ1) is 20.4. The molecule has 2 saturated carbocycles. The molecule has 0 amide bonds. The molecule has 3 unspecified atom stereocenters. The van der Waals surface area contributed by atoms with Crippen LogP contribution in [0.1, 0.15) is 80.6 Å². The average Bonchev–Trinajstić information content (AvgIpc) is 3.54. The van der Waals surface area contributed by atoms with E-state index in [0.29, 0.717) is 29.7 Å². The van der Waals surface area contributed by atoms with Crippen LogP contribution in [0, 0.1) is 28.6 Å². The van der Waals surface area contributed by atoms with E-state index in [-0.39, 0.29) is 29.0 Å². The van der Waals surface area contributed by atoms with Gasteiger partial charge in [0.15, 0.2) is 6.61 Å². The topological polar surface area (TPSA) is 112 Å². The number of carboxylic acid groups (broad SMARTS) is 1. The van der Waals surface area contributed by atoms with E-state index in [1.807, 2.05) is 30.3 Å². The van der Waals surface area contributed by atoms with E-state index in [9.17, 15) is 24.3 Å². The molecule has 228 valence electrons. The summed E-state index contributed by atoms with van der Waals surface area (Å²) in [7, 11) is 0. The van der Waals surface area contributed by atoms with Gasteiger partial charge in [0.25, 0.3) is 0 Å². The van der Waals surface area contributed by atoms with Gasteiger partial charge in [-0.25, -0.2) is 9.59 Å². The lowest BCUT2D eigenvalue weighted by atomic mass is 9.70. The Kier molecular flexibility index (Phi) is 8.50. The first-order valence-corrected chi connectivity index (χ1v) is 15.2. The monoisotopic (exact) mass is 587 g/mol. The molecule has 8 heteroatoms. The summed E-state index contributed by atoms with van der Waals surface area (Å²) < 4.78 is 12.6. The summed E-state index contributed by atoms with van der Waals surface area (Å²) in [6.45, 7) is 7.89. The normalized spacial score (nSPS) is 23.5. The molecule has 0 saturated heterocycles. The molecule has 0 aliphatic heterocycles. The minimum atomic E-state index is -1.21. The minimum Gasteiger partial charge on any atom is -0.477 e. The number of aromatic nitrogens is 1. The fourth-order valence-electron chi connectivity index (χ4n) is 7.36. The molecule has 0 spiro atoms. The zero-order valence-corrected chi connectivity index (χ0v) is 25.4. The molecule has 5 rings (SSSR count). The summed E-state index contributed by atoms with van der Waals surface area (Å²) in [6.07, 6.45) is 3.91. The van der Waals surface area contributed by atoms with Gasteiger partial charge in [0, 0.05) is 16.7 Å². The summed E-state index contributed by atoms with van der Waals surface area (Å²) in [6, 6.07) is 18.2. The Balaban J connectivity index is 1.27. The first-order valence-electron chi connectivity index (χ1n) is 15.2. The zero-order valence-electron chi connectivity index (χ0n) is 25.4. The van der Waals surface area contributed by atoms with E-state index < -0.39 is 42.3 Å². The number of esters is 2. The molecule has 1 heterocycles. The number of hydrogen-bond acceptors (Lipinski definition) is 6. The largest absolute Gasteiger partial charge is 0.477 e. The highest BCUT2D eigenvalue weighted by Crippen LogP contribution is 2.66. The van der Waals surface area contributed by atoms with E-state index in [4.69, 9.17) is 9.47 Å². The highest BCUT2D eigenvalue weighted by atomic mass is 16.6. The van der Waals surface area contributed by atoms with E-state index in [0.717, 1.165) is 24.8 Å². The van der Waals surface area contributed by atoms with Crippen LogP contribution in [-0.4, -0.2) is 46.2 Å². The molecule has 0 radical (unpaired) electrons. The molecule has 3 aromatic rings. The molecule has 8 nitrogen and oxygen atoms in total. The Morgan fingerprint density at radius 1 is 1.02 bits per heavy atom. The van der Waals surface area contributed by atoms with Crippen LogP contribution < -0.4 is 0 Å². The number of carbonyl (C=O) groups excluding carboxylic acids is 3. The maximum absolute atomic E-state index is 13.7. The molecular formula is C35H41NO7. The second kappa shape index (κ2) is 12.0. The third kappa shape index (κ3) is 5.84. The zero-order chi connectivity index (χ0) is 30.9. The van der Waals surface area contributed by atoms with Crippen LogP contribution >= 0.6 is 0 Å². The Hall–Kier alpha value is -3.94. The van der Waals surface area contributed by atoms with Crippen LogP contribution in [0.3, 0.4) is 0 Å². The summed E-state index contributed by atoms with van der Waals surface area (Å²) >= 11 is 0. The van der Waals surface area contributed by atoms with Gasteiger partial charge < -0.3 is 14.6 Å². The number of rotatable bonds is 11. The van der Waals surface area contributed by atoms with Gasteiger partial charge in [-0.15, -0.1) is 0 Å². The van der Waals surface area contributed by atoms with Crippen molar-refractivity contribution in [1.29, 1.82) is 0 Å². The number of carboxylic acids is 1. The van der Waals surface area contributed by atoms with Crippen LogP contribution in [0.15, 0.2) is 60.7 Å². The third-order valence-corrected chi connectivity index (χ3v) is 10.5. The summed E-state index contributed by atoms with van der Waals surface area (Å²) in [5, 5.41) is 10.4. The second-order valence-corrected chi connectivity index (χ2v) is 13.1. The number of aromatic carboxylic acids is 1. The smallest absolute Gasteiger partial charge is 0.352 e. The minimum absolute atomic E-state index is 0.0887. The van der Waals surface area contributed by atoms with Gasteiger partial charge in [-0.3, -0.25) is 14.2 Å². The van der Waals surface area contributed by atoms with Crippen molar-refractivity contribution in [3.8, 4) is 0 Å². The Labute approximate surface area is 252 Å². The number of benzene rings is 2. The van der Waals surface area contributed by atoms with Gasteiger partial charge in [-0.1, -0.05) is 76.2 Å². The molecule has 2 aromatic carbocycles. The molecule has 5 atom stereocenters. The van der Waals surface area contributed by atoms with Crippen LogP contribution in [0.2, 0.25) is 0 Å². The number of aryl methyl sites for hydroxylation is 1. The van der Waals surface area contributed by atoms with Crippen molar-refractivity contribution in [2.45, 2.75) is 72.3 Å². The molecule has 2 bridgehead atoms. The average molecular weight is 588 g/mol. The van der Waals surface area contributed by atoms with Gasteiger partial charge in [0.2, 0.25) is 5.91 Å². The number of ether oxygens (including phenoxy) is 2. The highest BCUT2D eigenvalue weighted by Gasteiger charge is 2.62. The van der Waals surface area contributed by atoms with Gasteiger partial charge >= 0.3 is 17.9 Å². The SMILES string of the molecule is C[C@H](C[C@@H](CCc1ccccc1)C(=O)OCC(=O)OC1CC2CCC1(C)C2(C)C)C(=O)n1c(C(=O)O)cc2ccccc21. The van der Waals surface area contributed by atoms with Gasteiger partial charge in [0.1, 0.15) is 11.8 Å². The van der Waals surface area contributed by atoms with Crippen molar-refractivity contribution in [1.82, 2.24) is 4.57 Å². The molecule has 1 aromatic heterocycles. The van der Waals surface area contributed by atoms with Crippen LogP contribution in [-0.2, 0) is 25.5 Å². The van der Waals surface area contributed by atoms with Gasteiger partial charge in [0.05, 0.1) is 11.4 Å². The van der Waals surface area contributed by atoms with Crippen LogP contribution in [0.25, 0.3) is 10.9 Å². The molecule has 1 N–H and O–H groups in total. The standard InChI is InChI=1S/C35H41NO7/c1-22(31(38)36-27-13-9-8-12-24(27)19-28(36)32(39)40)18-25(15-14-23-10-6-5-7-11-23)33(41)42-21-30(37)43-29-20-26-16-17-35(29,4)34(26,2)3/h5-13,19,22,25-26,29H,14-18,20-21H2,1-4H3,(H,39,40)/t22-,25-,26?,29?,35?/m1/s1. The van der Waals surface area contributed by atoms with Crippen molar-refractivity contribution >= 4 is 34.7 Å². The highest BCUT2D eigenvalue weighted by molar-refractivity contribution is 6.03. The molecule has 43 heavy (non-hydrogen) atoms. The van der Waals surface area contributed by atoms with Crippen LogP contribution in [0.4, 0.5) is 0 Å². The number of fused-ring (bicyclic) bond motifs is 3.